The smallest absolute Gasteiger partial charge is 0.0550 e. The van der Waals surface area contributed by atoms with Crippen LogP contribution < -0.4 is 0 Å². The number of nitrogens with zero attached hydrogens (tertiary/aromatic N) is 1. The van der Waals surface area contributed by atoms with Crippen LogP contribution in [0.5, 0.6) is 0 Å². The number of hydrogen-bond donors (Lipinski definition) is 0. The Kier molecular flexibility index (Phi) is 3.83. The van der Waals surface area contributed by atoms with Crippen LogP contribution in [-0.4, -0.2) is 11.8 Å². The van der Waals surface area contributed by atoms with E-state index in [0.29, 0.717) is 0 Å². The second-order valence-corrected chi connectivity index (χ2v) is 1.76. The average Bonchev–Trinajstić information content (AvgIpc) is 1.87. The number of oxime groups is 1. The van der Waals surface area contributed by atoms with E-state index in [0.717, 1.165) is 12.1 Å². The summed E-state index contributed by atoms with van der Waals surface area (Å²) in [5, 5.41) is 3.67. The molecule has 0 aromatic heterocycles. The van der Waals surface area contributed by atoms with Gasteiger partial charge in [-0.15, -0.1) is 0 Å². The third-order valence-electron chi connectivity index (χ3n) is 0.881. The fraction of sp³-hybridized carbons (Fsp3) is 0.600. The molecule has 1 unspecified atom stereocenters. The Morgan fingerprint density at radius 1 is 1.88 bits per heavy atom. The van der Waals surface area contributed by atoms with Gasteiger partial charge in [0.1, 0.15) is 0 Å². The molecule has 43 valence electrons. The van der Waals surface area contributed by atoms with E-state index in [4.69, 9.17) is 4.84 Å². The fourth-order valence-corrected chi connectivity index (χ4v) is 0.569. The first-order valence-corrected chi connectivity index (χ1v) is 2.31. The molecule has 1 heterocycles. The summed E-state index contributed by atoms with van der Waals surface area (Å²) in [6, 6.07) is 0. The standard InChI is InChI=1S/C5H8NO.Y/c1-4-3-5(2)7-6-4;/h5H,2-3H2,1H3;/q-1;. The van der Waals surface area contributed by atoms with E-state index < -0.39 is 0 Å². The molecule has 1 rings (SSSR count). The monoisotopic (exact) mass is 187 g/mol. The Bertz CT molecular complexity index is 103. The molecule has 0 bridgehead atoms. The van der Waals surface area contributed by atoms with Gasteiger partial charge in [0.25, 0.3) is 0 Å². The van der Waals surface area contributed by atoms with Crippen LogP contribution >= 0.6 is 0 Å². The molecule has 0 aromatic carbocycles. The van der Waals surface area contributed by atoms with E-state index in [9.17, 15) is 0 Å². The van der Waals surface area contributed by atoms with Crippen molar-refractivity contribution >= 4 is 5.71 Å². The van der Waals surface area contributed by atoms with E-state index >= 15 is 0 Å². The fourth-order valence-electron chi connectivity index (χ4n) is 0.569. The molecule has 2 nitrogen and oxygen atoms in total. The van der Waals surface area contributed by atoms with Gasteiger partial charge in [-0.05, 0) is 13.3 Å². The first kappa shape index (κ1) is 8.57. The summed E-state index contributed by atoms with van der Waals surface area (Å²) in [6.07, 6.45) is 0.958. The van der Waals surface area contributed by atoms with Crippen LogP contribution in [0.15, 0.2) is 5.16 Å². The molecule has 0 fully saturated rings. The topological polar surface area (TPSA) is 21.6 Å². The zero-order chi connectivity index (χ0) is 5.28. The molecule has 0 aromatic rings. The Balaban J connectivity index is 0.000000490. The summed E-state index contributed by atoms with van der Waals surface area (Å²) in [7, 11) is 0. The van der Waals surface area contributed by atoms with Crippen molar-refractivity contribution in [3.05, 3.63) is 6.92 Å². The summed E-state index contributed by atoms with van der Waals surface area (Å²) >= 11 is 0. The molecular weight excluding hydrogens is 179 g/mol. The average molecular weight is 187 g/mol. The van der Waals surface area contributed by atoms with Gasteiger partial charge in [-0.3, -0.25) is 0 Å². The van der Waals surface area contributed by atoms with Crippen molar-refractivity contribution in [2.24, 2.45) is 5.16 Å². The van der Waals surface area contributed by atoms with Crippen LogP contribution in [0.3, 0.4) is 0 Å². The van der Waals surface area contributed by atoms with E-state index in [-0.39, 0.29) is 38.8 Å². The maximum absolute atomic E-state index is 4.74. The molecule has 1 atom stereocenters. The normalized spacial score (nSPS) is 25.8. The summed E-state index contributed by atoms with van der Waals surface area (Å²) in [6.45, 7) is 5.59. The van der Waals surface area contributed by atoms with Gasteiger partial charge >= 0.3 is 0 Å². The minimum absolute atomic E-state index is 0. The second-order valence-electron chi connectivity index (χ2n) is 1.76. The summed E-state index contributed by atoms with van der Waals surface area (Å²) in [5.41, 5.74) is 1.04. The van der Waals surface area contributed by atoms with Crippen molar-refractivity contribution in [1.82, 2.24) is 0 Å². The maximum atomic E-state index is 4.74. The number of hydrogen-bond acceptors (Lipinski definition) is 2. The van der Waals surface area contributed by atoms with Crippen LogP contribution in [0.25, 0.3) is 0 Å². The zero-order valence-electron chi connectivity index (χ0n) is 4.92. The molecule has 1 radical (unpaired) electrons. The molecule has 0 amide bonds. The van der Waals surface area contributed by atoms with Crippen LogP contribution in [0.4, 0.5) is 0 Å². The summed E-state index contributed by atoms with van der Waals surface area (Å²) in [4.78, 5) is 4.74. The summed E-state index contributed by atoms with van der Waals surface area (Å²) in [5.74, 6) is 0. The molecule has 0 spiro atoms. The Hall–Kier alpha value is 0.574. The van der Waals surface area contributed by atoms with Gasteiger partial charge in [0.2, 0.25) is 0 Å². The predicted molar refractivity (Wildman–Crippen MR) is 28.0 cm³/mol. The van der Waals surface area contributed by atoms with E-state index in [1.54, 1.807) is 0 Å². The van der Waals surface area contributed by atoms with Crippen LogP contribution in [0.1, 0.15) is 13.3 Å². The van der Waals surface area contributed by atoms with Crippen molar-refractivity contribution in [3.63, 3.8) is 0 Å². The molecule has 1 aliphatic heterocycles. The Labute approximate surface area is 74.5 Å². The molecule has 8 heavy (non-hydrogen) atoms. The van der Waals surface area contributed by atoms with Crippen molar-refractivity contribution in [2.75, 3.05) is 0 Å². The van der Waals surface area contributed by atoms with Crippen molar-refractivity contribution in [3.8, 4) is 0 Å². The van der Waals surface area contributed by atoms with E-state index in [1.807, 2.05) is 6.92 Å². The van der Waals surface area contributed by atoms with Gasteiger partial charge in [0.15, 0.2) is 0 Å². The zero-order valence-corrected chi connectivity index (χ0v) is 7.76. The third kappa shape index (κ3) is 2.23. The minimum atomic E-state index is 0. The minimum Gasteiger partial charge on any atom is -0.425 e. The quantitative estimate of drug-likeness (QED) is 0.518. The SMILES string of the molecule is [CH2-]C1CC(C)=NO1.[Y]. The Morgan fingerprint density at radius 2 is 2.50 bits per heavy atom. The first-order chi connectivity index (χ1) is 3.29. The summed E-state index contributed by atoms with van der Waals surface area (Å²) < 4.78 is 0. The van der Waals surface area contributed by atoms with E-state index in [2.05, 4.69) is 12.1 Å². The van der Waals surface area contributed by atoms with Crippen molar-refractivity contribution in [1.29, 1.82) is 0 Å². The van der Waals surface area contributed by atoms with Crippen LogP contribution in [-0.2, 0) is 37.5 Å². The molecule has 0 N–H and O–H groups in total. The van der Waals surface area contributed by atoms with Crippen molar-refractivity contribution in [2.45, 2.75) is 19.4 Å². The second kappa shape index (κ2) is 3.57. The predicted octanol–water partition coefficient (Wildman–Crippen LogP) is 0.983. The van der Waals surface area contributed by atoms with Gasteiger partial charge in [0, 0.05) is 38.8 Å². The van der Waals surface area contributed by atoms with Crippen LogP contribution in [0, 0.1) is 6.92 Å². The molecule has 1 aliphatic rings. The Morgan fingerprint density at radius 3 is 2.62 bits per heavy atom. The van der Waals surface area contributed by atoms with Gasteiger partial charge in [-0.25, -0.2) is 0 Å². The van der Waals surface area contributed by atoms with Gasteiger partial charge in [0.05, 0.1) is 5.71 Å². The largest absolute Gasteiger partial charge is 0.425 e. The van der Waals surface area contributed by atoms with E-state index in [1.165, 1.54) is 0 Å². The number of rotatable bonds is 0. The van der Waals surface area contributed by atoms with Crippen LogP contribution in [0.2, 0.25) is 0 Å². The molecule has 0 saturated heterocycles. The first-order valence-electron chi connectivity index (χ1n) is 2.31. The maximum Gasteiger partial charge on any atom is 0.0550 e. The third-order valence-corrected chi connectivity index (χ3v) is 0.881. The molecule has 0 aliphatic carbocycles. The molecule has 3 heteroatoms. The molecule has 0 saturated carbocycles. The van der Waals surface area contributed by atoms with Gasteiger partial charge in [-0.2, -0.15) is 0 Å². The molecular formula is C5H8NOY-. The van der Waals surface area contributed by atoms with Gasteiger partial charge in [-0.1, -0.05) is 5.16 Å². The van der Waals surface area contributed by atoms with Gasteiger partial charge < -0.3 is 11.8 Å². The van der Waals surface area contributed by atoms with Crippen molar-refractivity contribution < 1.29 is 37.5 Å².